The fraction of sp³-hybridized carbons (Fsp3) is 0.538. The lowest BCUT2D eigenvalue weighted by molar-refractivity contribution is -0.126. The van der Waals surface area contributed by atoms with E-state index in [-0.39, 0.29) is 17.3 Å². The Bertz CT molecular complexity index is 618. The molecule has 2 rings (SSSR count). The van der Waals surface area contributed by atoms with E-state index in [0.717, 1.165) is 13.0 Å². The zero-order valence-electron chi connectivity index (χ0n) is 12.2. The van der Waals surface area contributed by atoms with E-state index in [1.807, 2.05) is 6.92 Å². The predicted octanol–water partition coefficient (Wildman–Crippen LogP) is 0.413. The van der Waals surface area contributed by atoms with E-state index >= 15 is 0 Å². The first-order valence-electron chi connectivity index (χ1n) is 6.96. The monoisotopic (exact) mass is 312 g/mol. The Morgan fingerprint density at radius 3 is 3.00 bits per heavy atom. The minimum absolute atomic E-state index is 0.151. The molecular formula is C13H20N4O3S. The molecule has 0 saturated carbocycles. The Morgan fingerprint density at radius 1 is 1.52 bits per heavy atom. The van der Waals surface area contributed by atoms with Crippen molar-refractivity contribution in [1.29, 1.82) is 0 Å². The highest BCUT2D eigenvalue weighted by atomic mass is 32.2. The smallest absolute Gasteiger partial charge is 0.244 e. The third kappa shape index (κ3) is 3.33. The standard InChI is InChI=1S/C13H20N4O3S/c1-3-5-14-12-9-11(4-6-15-12)21(19,20)17-8-7-16-13(18)10(17)2/h4,6,9-10H,3,5,7-8H2,1-2H3,(H,14,15)(H,16,18). The van der Waals surface area contributed by atoms with Gasteiger partial charge in [-0.05, 0) is 19.4 Å². The Hall–Kier alpha value is -1.67. The quantitative estimate of drug-likeness (QED) is 0.822. The van der Waals surface area contributed by atoms with Crippen molar-refractivity contribution in [1.82, 2.24) is 14.6 Å². The average Bonchev–Trinajstić information content (AvgIpc) is 2.48. The Balaban J connectivity index is 2.28. The second-order valence-electron chi connectivity index (χ2n) is 4.89. The van der Waals surface area contributed by atoms with Crippen molar-refractivity contribution in [3.8, 4) is 0 Å². The Kier molecular flexibility index (Phi) is 4.79. The molecule has 1 aromatic heterocycles. The maximum Gasteiger partial charge on any atom is 0.244 e. The van der Waals surface area contributed by atoms with Crippen molar-refractivity contribution < 1.29 is 13.2 Å². The highest BCUT2D eigenvalue weighted by Crippen LogP contribution is 2.21. The highest BCUT2D eigenvalue weighted by molar-refractivity contribution is 7.89. The molecule has 116 valence electrons. The minimum Gasteiger partial charge on any atom is -0.370 e. The molecule has 1 aliphatic heterocycles. The molecule has 2 heterocycles. The first-order valence-corrected chi connectivity index (χ1v) is 8.40. The van der Waals surface area contributed by atoms with Crippen molar-refractivity contribution in [3.63, 3.8) is 0 Å². The van der Waals surface area contributed by atoms with Crippen LogP contribution in [0.25, 0.3) is 0 Å². The van der Waals surface area contributed by atoms with Crippen molar-refractivity contribution in [2.45, 2.75) is 31.2 Å². The number of nitrogens with zero attached hydrogens (tertiary/aromatic N) is 2. The molecule has 1 aliphatic rings. The number of anilines is 1. The number of pyridine rings is 1. The summed E-state index contributed by atoms with van der Waals surface area (Å²) >= 11 is 0. The molecule has 0 radical (unpaired) electrons. The van der Waals surface area contributed by atoms with Crippen LogP contribution in [-0.4, -0.2) is 49.3 Å². The topological polar surface area (TPSA) is 91.4 Å². The number of piperazine rings is 1. The van der Waals surface area contributed by atoms with Crippen molar-refractivity contribution in [2.24, 2.45) is 0 Å². The van der Waals surface area contributed by atoms with Crippen LogP contribution in [0.4, 0.5) is 5.82 Å². The molecule has 0 spiro atoms. The van der Waals surface area contributed by atoms with Crippen LogP contribution in [-0.2, 0) is 14.8 Å². The lowest BCUT2D eigenvalue weighted by Gasteiger charge is -2.31. The number of hydrogen-bond donors (Lipinski definition) is 2. The van der Waals surface area contributed by atoms with Gasteiger partial charge in [0, 0.05) is 31.9 Å². The summed E-state index contributed by atoms with van der Waals surface area (Å²) in [5, 5.41) is 5.71. The van der Waals surface area contributed by atoms with Gasteiger partial charge in [-0.15, -0.1) is 0 Å². The number of hydrogen-bond acceptors (Lipinski definition) is 5. The van der Waals surface area contributed by atoms with Crippen LogP contribution in [0.1, 0.15) is 20.3 Å². The van der Waals surface area contributed by atoms with Crippen LogP contribution < -0.4 is 10.6 Å². The van der Waals surface area contributed by atoms with Crippen LogP contribution in [0.3, 0.4) is 0 Å². The van der Waals surface area contributed by atoms with E-state index in [9.17, 15) is 13.2 Å². The van der Waals surface area contributed by atoms with Gasteiger partial charge in [0.05, 0.1) is 4.90 Å². The summed E-state index contributed by atoms with van der Waals surface area (Å²) in [5.74, 6) is 0.246. The second kappa shape index (κ2) is 6.40. The maximum atomic E-state index is 12.7. The third-order valence-electron chi connectivity index (χ3n) is 3.34. The Labute approximate surface area is 124 Å². The number of aromatic nitrogens is 1. The van der Waals surface area contributed by atoms with E-state index < -0.39 is 16.1 Å². The van der Waals surface area contributed by atoms with Gasteiger partial charge in [-0.3, -0.25) is 4.79 Å². The highest BCUT2D eigenvalue weighted by Gasteiger charge is 2.35. The van der Waals surface area contributed by atoms with Gasteiger partial charge in [0.2, 0.25) is 15.9 Å². The molecule has 21 heavy (non-hydrogen) atoms. The summed E-state index contributed by atoms with van der Waals surface area (Å²) in [6.07, 6.45) is 2.38. The molecule has 1 unspecified atom stereocenters. The van der Waals surface area contributed by atoms with Crippen molar-refractivity contribution >= 4 is 21.7 Å². The summed E-state index contributed by atoms with van der Waals surface area (Å²) in [4.78, 5) is 15.9. The molecule has 8 heteroatoms. The number of amides is 1. The van der Waals surface area contributed by atoms with Crippen LogP contribution in [0, 0.1) is 0 Å². The first kappa shape index (κ1) is 15.7. The largest absolute Gasteiger partial charge is 0.370 e. The lowest BCUT2D eigenvalue weighted by atomic mass is 10.2. The molecule has 0 bridgehead atoms. The summed E-state index contributed by atoms with van der Waals surface area (Å²) in [7, 11) is -3.70. The number of carbonyl (C=O) groups is 1. The molecule has 0 aliphatic carbocycles. The van der Waals surface area contributed by atoms with E-state index in [1.165, 1.54) is 22.6 Å². The fourth-order valence-electron chi connectivity index (χ4n) is 2.15. The molecule has 0 aromatic carbocycles. The molecular weight excluding hydrogens is 292 g/mol. The lowest BCUT2D eigenvalue weighted by Crippen LogP contribution is -2.55. The first-order chi connectivity index (χ1) is 9.96. The molecule has 1 atom stereocenters. The number of sulfonamides is 1. The van der Waals surface area contributed by atoms with Crippen LogP contribution in [0.2, 0.25) is 0 Å². The van der Waals surface area contributed by atoms with Gasteiger partial charge in [-0.25, -0.2) is 13.4 Å². The van der Waals surface area contributed by atoms with E-state index in [2.05, 4.69) is 15.6 Å². The van der Waals surface area contributed by atoms with Crippen LogP contribution in [0.15, 0.2) is 23.2 Å². The van der Waals surface area contributed by atoms with E-state index in [0.29, 0.717) is 12.4 Å². The normalized spacial score (nSPS) is 20.1. The third-order valence-corrected chi connectivity index (χ3v) is 5.30. The van der Waals surface area contributed by atoms with E-state index in [4.69, 9.17) is 0 Å². The molecule has 7 nitrogen and oxygen atoms in total. The zero-order chi connectivity index (χ0) is 15.5. The summed E-state index contributed by atoms with van der Waals surface area (Å²) in [5.41, 5.74) is 0. The summed E-state index contributed by atoms with van der Waals surface area (Å²) < 4.78 is 26.5. The summed E-state index contributed by atoms with van der Waals surface area (Å²) in [6, 6.07) is 2.25. The number of rotatable bonds is 5. The maximum absolute atomic E-state index is 12.7. The van der Waals surface area contributed by atoms with E-state index in [1.54, 1.807) is 6.92 Å². The molecule has 1 saturated heterocycles. The van der Waals surface area contributed by atoms with Gasteiger partial charge in [0.25, 0.3) is 0 Å². The van der Waals surface area contributed by atoms with Gasteiger partial charge in [0.1, 0.15) is 11.9 Å². The molecule has 2 N–H and O–H groups in total. The molecule has 1 amide bonds. The van der Waals surface area contributed by atoms with Gasteiger partial charge in [-0.1, -0.05) is 6.92 Å². The molecule has 1 aromatic rings. The van der Waals surface area contributed by atoms with Gasteiger partial charge in [0.15, 0.2) is 0 Å². The number of nitrogens with one attached hydrogen (secondary N) is 2. The zero-order valence-corrected chi connectivity index (χ0v) is 13.0. The molecule has 1 fully saturated rings. The minimum atomic E-state index is -3.70. The summed E-state index contributed by atoms with van der Waals surface area (Å²) in [6.45, 7) is 4.92. The van der Waals surface area contributed by atoms with Crippen molar-refractivity contribution in [3.05, 3.63) is 18.3 Å². The van der Waals surface area contributed by atoms with Crippen molar-refractivity contribution in [2.75, 3.05) is 25.0 Å². The average molecular weight is 312 g/mol. The Morgan fingerprint density at radius 2 is 2.29 bits per heavy atom. The van der Waals surface area contributed by atoms with Gasteiger partial charge in [-0.2, -0.15) is 4.31 Å². The second-order valence-corrected chi connectivity index (χ2v) is 6.78. The fourth-order valence-corrected chi connectivity index (χ4v) is 3.75. The number of carbonyl (C=O) groups excluding carboxylic acids is 1. The predicted molar refractivity (Wildman–Crippen MR) is 79.4 cm³/mol. The van der Waals surface area contributed by atoms with Gasteiger partial charge >= 0.3 is 0 Å². The SMILES string of the molecule is CCCNc1cc(S(=O)(=O)N2CCNC(=O)C2C)ccn1. The van der Waals surface area contributed by atoms with Gasteiger partial charge < -0.3 is 10.6 Å². The van der Waals surface area contributed by atoms with Crippen LogP contribution >= 0.6 is 0 Å². The van der Waals surface area contributed by atoms with Crippen LogP contribution in [0.5, 0.6) is 0 Å².